The lowest BCUT2D eigenvalue weighted by Crippen LogP contribution is -2.23. The van der Waals surface area contributed by atoms with Crippen molar-refractivity contribution in [1.29, 1.82) is 0 Å². The number of carbonyl (C=O) groups excluding carboxylic acids is 1. The topological polar surface area (TPSA) is 67.5 Å². The molecule has 0 radical (unpaired) electrons. The maximum Gasteiger partial charge on any atom is 0.273 e. The number of aryl methyl sites for hydroxylation is 2. The van der Waals surface area contributed by atoms with Gasteiger partial charge in [-0.1, -0.05) is 18.2 Å². The summed E-state index contributed by atoms with van der Waals surface area (Å²) in [7, 11) is 0. The number of hydrogen-bond acceptors (Lipinski definition) is 4. The minimum Gasteiger partial charge on any atom is -0.356 e. The average molecular weight is 485 g/mol. The van der Waals surface area contributed by atoms with Crippen LogP contribution in [0.4, 0.5) is 10.2 Å². The van der Waals surface area contributed by atoms with Crippen LogP contribution in [0.1, 0.15) is 45.8 Å². The molecule has 4 aromatic rings. The number of benzene rings is 2. The Balaban J connectivity index is 1.42. The highest BCUT2D eigenvalue weighted by Crippen LogP contribution is 2.29. The number of nitrogens with one attached hydrogen (secondary N) is 1. The zero-order valence-electron chi connectivity index (χ0n) is 20.7. The second kappa shape index (κ2) is 9.81. The molecule has 0 unspecified atom stereocenters. The Morgan fingerprint density at radius 3 is 2.39 bits per heavy atom. The number of para-hydroxylation sites is 1. The van der Waals surface area contributed by atoms with E-state index in [4.69, 9.17) is 5.10 Å². The smallest absolute Gasteiger partial charge is 0.273 e. The first-order valence-corrected chi connectivity index (χ1v) is 12.1. The molecule has 2 aromatic carbocycles. The first kappa shape index (κ1) is 23.5. The standard InChI is InChI=1S/C28H29FN6O/c1-19-17-25(21(3)34(19)23-13-11-22(29)12-14-23)27(36)31-30-18-26-20(2)32-35(24-9-5-4-6-10-24)28(26)33-15-7-8-16-33/h4-6,9-14,17-18H,7-8,15-16H2,1-3H3,(H,31,36)/b30-18+. The molecule has 3 heterocycles. The summed E-state index contributed by atoms with van der Waals surface area (Å²) in [5.74, 6) is 0.389. The van der Waals surface area contributed by atoms with Crippen molar-refractivity contribution in [2.45, 2.75) is 33.6 Å². The lowest BCUT2D eigenvalue weighted by molar-refractivity contribution is 0.0954. The van der Waals surface area contributed by atoms with E-state index in [1.165, 1.54) is 12.1 Å². The number of amides is 1. The summed E-state index contributed by atoms with van der Waals surface area (Å²) in [6, 6.07) is 18.1. The van der Waals surface area contributed by atoms with Crippen LogP contribution >= 0.6 is 0 Å². The fraction of sp³-hybridized carbons (Fsp3) is 0.250. The first-order chi connectivity index (χ1) is 17.4. The number of hydrogen-bond donors (Lipinski definition) is 1. The predicted molar refractivity (Wildman–Crippen MR) is 140 cm³/mol. The normalized spacial score (nSPS) is 13.6. The minimum atomic E-state index is -0.302. The lowest BCUT2D eigenvalue weighted by Gasteiger charge is -2.20. The Morgan fingerprint density at radius 2 is 1.69 bits per heavy atom. The van der Waals surface area contributed by atoms with E-state index < -0.39 is 0 Å². The monoisotopic (exact) mass is 484 g/mol. The Kier molecular flexibility index (Phi) is 6.41. The van der Waals surface area contributed by atoms with E-state index in [1.807, 2.05) is 66.4 Å². The van der Waals surface area contributed by atoms with Crippen LogP contribution in [0.2, 0.25) is 0 Å². The molecule has 2 aromatic heterocycles. The average Bonchev–Trinajstić information content (AvgIpc) is 3.59. The predicted octanol–water partition coefficient (Wildman–Crippen LogP) is 5.09. The number of rotatable bonds is 6. The lowest BCUT2D eigenvalue weighted by atomic mass is 10.2. The van der Waals surface area contributed by atoms with Gasteiger partial charge in [0.1, 0.15) is 11.6 Å². The van der Waals surface area contributed by atoms with Gasteiger partial charge in [-0.15, -0.1) is 0 Å². The fourth-order valence-electron chi connectivity index (χ4n) is 4.86. The van der Waals surface area contributed by atoms with Crippen LogP contribution in [0.25, 0.3) is 11.4 Å². The highest BCUT2D eigenvalue weighted by Gasteiger charge is 2.24. The molecule has 0 spiro atoms. The Hall–Kier alpha value is -4.20. The van der Waals surface area contributed by atoms with Crippen molar-refractivity contribution in [3.63, 3.8) is 0 Å². The van der Waals surface area contributed by atoms with Gasteiger partial charge in [-0.2, -0.15) is 10.2 Å². The third-order valence-electron chi connectivity index (χ3n) is 6.61. The summed E-state index contributed by atoms with van der Waals surface area (Å²) in [4.78, 5) is 15.4. The number of anilines is 1. The first-order valence-electron chi connectivity index (χ1n) is 12.1. The number of aromatic nitrogens is 3. The van der Waals surface area contributed by atoms with E-state index in [-0.39, 0.29) is 11.7 Å². The van der Waals surface area contributed by atoms with Gasteiger partial charge in [0.25, 0.3) is 5.91 Å². The summed E-state index contributed by atoms with van der Waals surface area (Å²) in [5, 5.41) is 9.11. The van der Waals surface area contributed by atoms with Crippen LogP contribution < -0.4 is 10.3 Å². The van der Waals surface area contributed by atoms with E-state index in [9.17, 15) is 9.18 Å². The van der Waals surface area contributed by atoms with Gasteiger partial charge in [0.2, 0.25) is 0 Å². The molecule has 0 bridgehead atoms. The molecule has 1 N–H and O–H groups in total. The SMILES string of the molecule is Cc1nn(-c2ccccc2)c(N2CCCC2)c1/C=N/NC(=O)c1cc(C)n(-c2ccc(F)cc2)c1C. The number of hydrazone groups is 1. The molecule has 5 rings (SSSR count). The molecule has 1 saturated heterocycles. The van der Waals surface area contributed by atoms with Crippen LogP contribution in [-0.4, -0.2) is 39.6 Å². The van der Waals surface area contributed by atoms with Gasteiger partial charge >= 0.3 is 0 Å². The van der Waals surface area contributed by atoms with Crippen LogP contribution in [0, 0.1) is 26.6 Å². The number of nitrogens with zero attached hydrogens (tertiary/aromatic N) is 5. The summed E-state index contributed by atoms with van der Waals surface area (Å²) >= 11 is 0. The molecular weight excluding hydrogens is 455 g/mol. The zero-order valence-corrected chi connectivity index (χ0v) is 20.7. The van der Waals surface area contributed by atoms with Crippen molar-refractivity contribution in [3.05, 3.63) is 94.7 Å². The van der Waals surface area contributed by atoms with Gasteiger partial charge in [0.15, 0.2) is 0 Å². The van der Waals surface area contributed by atoms with E-state index in [1.54, 1.807) is 18.3 Å². The maximum absolute atomic E-state index is 13.4. The molecule has 8 heteroatoms. The van der Waals surface area contributed by atoms with Crippen molar-refractivity contribution < 1.29 is 9.18 Å². The second-order valence-corrected chi connectivity index (χ2v) is 9.06. The number of carbonyl (C=O) groups is 1. The largest absolute Gasteiger partial charge is 0.356 e. The van der Waals surface area contributed by atoms with Crippen LogP contribution in [0.5, 0.6) is 0 Å². The van der Waals surface area contributed by atoms with E-state index in [0.717, 1.165) is 65.8 Å². The highest BCUT2D eigenvalue weighted by molar-refractivity contribution is 5.97. The van der Waals surface area contributed by atoms with Gasteiger partial charge in [-0.05, 0) is 76.1 Å². The van der Waals surface area contributed by atoms with Crippen LogP contribution in [-0.2, 0) is 0 Å². The molecule has 7 nitrogen and oxygen atoms in total. The Labute approximate surface area is 209 Å². The molecule has 36 heavy (non-hydrogen) atoms. The minimum absolute atomic E-state index is 0.298. The molecule has 0 aliphatic carbocycles. The Bertz CT molecular complexity index is 1410. The molecule has 1 fully saturated rings. The van der Waals surface area contributed by atoms with Gasteiger partial charge < -0.3 is 9.47 Å². The number of halogens is 1. The maximum atomic E-state index is 13.4. The molecule has 1 aliphatic rings. The molecular formula is C28H29FN6O. The van der Waals surface area contributed by atoms with Gasteiger partial charge in [-0.3, -0.25) is 4.79 Å². The second-order valence-electron chi connectivity index (χ2n) is 9.06. The van der Waals surface area contributed by atoms with Crippen molar-refractivity contribution in [2.75, 3.05) is 18.0 Å². The quantitative estimate of drug-likeness (QED) is 0.306. The summed E-state index contributed by atoms with van der Waals surface area (Å²) in [6.07, 6.45) is 3.96. The highest BCUT2D eigenvalue weighted by atomic mass is 19.1. The third kappa shape index (κ3) is 4.42. The van der Waals surface area contributed by atoms with Gasteiger partial charge in [0.05, 0.1) is 28.7 Å². The Morgan fingerprint density at radius 1 is 1.00 bits per heavy atom. The van der Waals surface area contributed by atoms with Crippen LogP contribution in [0.15, 0.2) is 65.8 Å². The summed E-state index contributed by atoms with van der Waals surface area (Å²) in [5.41, 5.74) is 8.36. The van der Waals surface area contributed by atoms with E-state index >= 15 is 0 Å². The third-order valence-corrected chi connectivity index (χ3v) is 6.61. The van der Waals surface area contributed by atoms with E-state index in [0.29, 0.717) is 5.56 Å². The molecule has 0 saturated carbocycles. The van der Waals surface area contributed by atoms with Crippen molar-refractivity contribution >= 4 is 17.9 Å². The van der Waals surface area contributed by atoms with Crippen molar-refractivity contribution in [3.8, 4) is 11.4 Å². The molecule has 1 amide bonds. The fourth-order valence-corrected chi connectivity index (χ4v) is 4.86. The molecule has 1 aliphatic heterocycles. The van der Waals surface area contributed by atoms with Crippen molar-refractivity contribution in [2.24, 2.45) is 5.10 Å². The van der Waals surface area contributed by atoms with E-state index in [2.05, 4.69) is 15.4 Å². The molecule has 184 valence electrons. The van der Waals surface area contributed by atoms with Crippen LogP contribution in [0.3, 0.4) is 0 Å². The molecule has 0 atom stereocenters. The summed E-state index contributed by atoms with van der Waals surface area (Å²) < 4.78 is 17.3. The zero-order chi connectivity index (χ0) is 25.2. The van der Waals surface area contributed by atoms with Crippen molar-refractivity contribution in [1.82, 2.24) is 19.8 Å². The van der Waals surface area contributed by atoms with Gasteiger partial charge in [0, 0.05) is 30.2 Å². The summed E-state index contributed by atoms with van der Waals surface area (Å²) in [6.45, 7) is 7.66. The van der Waals surface area contributed by atoms with Gasteiger partial charge in [-0.25, -0.2) is 14.5 Å².